The zero-order chi connectivity index (χ0) is 8.27. The van der Waals surface area contributed by atoms with Crippen LogP contribution in [0.1, 0.15) is 20.3 Å². The summed E-state index contributed by atoms with van der Waals surface area (Å²) in [4.78, 5) is 13.0. The average Bonchev–Trinajstić information content (AvgIpc) is 2.40. The van der Waals surface area contributed by atoms with Gasteiger partial charge in [-0.25, -0.2) is 0 Å². The van der Waals surface area contributed by atoms with Crippen LogP contribution in [0.5, 0.6) is 0 Å². The fraction of sp³-hybridized carbons (Fsp3) is 0.875. The van der Waals surface area contributed by atoms with Crippen molar-refractivity contribution >= 4 is 5.91 Å². The quantitative estimate of drug-likeness (QED) is 0.620. The largest absolute Gasteiger partial charge is 0.339 e. The van der Waals surface area contributed by atoms with Gasteiger partial charge in [0.2, 0.25) is 5.91 Å². The van der Waals surface area contributed by atoms with Gasteiger partial charge >= 0.3 is 0 Å². The van der Waals surface area contributed by atoms with Crippen molar-refractivity contribution in [1.82, 2.24) is 10.2 Å². The highest BCUT2D eigenvalue weighted by molar-refractivity contribution is 5.73. The van der Waals surface area contributed by atoms with Gasteiger partial charge in [-0.15, -0.1) is 0 Å². The topological polar surface area (TPSA) is 32.3 Å². The van der Waals surface area contributed by atoms with Crippen LogP contribution in [0.3, 0.4) is 0 Å². The second kappa shape index (κ2) is 3.72. The molecule has 1 aliphatic heterocycles. The Morgan fingerprint density at radius 2 is 2.45 bits per heavy atom. The Hall–Kier alpha value is -0.570. The van der Waals surface area contributed by atoms with Crippen molar-refractivity contribution in [2.45, 2.75) is 26.3 Å². The van der Waals surface area contributed by atoms with Gasteiger partial charge in [-0.2, -0.15) is 0 Å². The molecular formula is C8H16N2O. The fourth-order valence-corrected chi connectivity index (χ4v) is 1.64. The standard InChI is InChI=1S/C8H16N2O/c1-3-10(7(2)11)8-4-5-9-6-8/h8-9H,3-6H2,1-2H3/t8-/m1/s1. The number of nitrogens with one attached hydrogen (secondary N) is 1. The van der Waals surface area contributed by atoms with Crippen LogP contribution in [-0.4, -0.2) is 36.5 Å². The first kappa shape index (κ1) is 8.53. The minimum atomic E-state index is 0.196. The summed E-state index contributed by atoms with van der Waals surface area (Å²) in [7, 11) is 0. The molecule has 1 amide bonds. The molecule has 0 bridgehead atoms. The molecule has 0 aromatic heterocycles. The molecule has 3 nitrogen and oxygen atoms in total. The first-order chi connectivity index (χ1) is 5.25. The van der Waals surface area contributed by atoms with Crippen molar-refractivity contribution < 1.29 is 4.79 Å². The lowest BCUT2D eigenvalue weighted by atomic mass is 10.2. The van der Waals surface area contributed by atoms with Gasteiger partial charge in [-0.1, -0.05) is 0 Å². The minimum Gasteiger partial charge on any atom is -0.339 e. The van der Waals surface area contributed by atoms with Crippen LogP contribution in [0.2, 0.25) is 0 Å². The summed E-state index contributed by atoms with van der Waals surface area (Å²) in [6.07, 6.45) is 1.10. The van der Waals surface area contributed by atoms with Gasteiger partial charge in [0.05, 0.1) is 0 Å². The first-order valence-electron chi connectivity index (χ1n) is 4.23. The Labute approximate surface area is 67.8 Å². The number of nitrogens with zero attached hydrogens (tertiary/aromatic N) is 1. The van der Waals surface area contributed by atoms with Gasteiger partial charge in [0.15, 0.2) is 0 Å². The van der Waals surface area contributed by atoms with E-state index in [1.165, 1.54) is 0 Å². The second-order valence-corrected chi connectivity index (χ2v) is 2.95. The van der Waals surface area contributed by atoms with Crippen molar-refractivity contribution in [2.24, 2.45) is 0 Å². The lowest BCUT2D eigenvalue weighted by Crippen LogP contribution is -2.39. The molecule has 0 radical (unpaired) electrons. The van der Waals surface area contributed by atoms with Crippen LogP contribution in [0.25, 0.3) is 0 Å². The van der Waals surface area contributed by atoms with E-state index in [1.807, 2.05) is 11.8 Å². The molecule has 0 aromatic rings. The normalized spacial score (nSPS) is 23.6. The van der Waals surface area contributed by atoms with Gasteiger partial charge in [-0.05, 0) is 19.9 Å². The first-order valence-corrected chi connectivity index (χ1v) is 4.23. The van der Waals surface area contributed by atoms with E-state index in [4.69, 9.17) is 0 Å². The maximum absolute atomic E-state index is 11.1. The molecule has 11 heavy (non-hydrogen) atoms. The molecule has 1 aliphatic rings. The van der Waals surface area contributed by atoms with Gasteiger partial charge in [0.25, 0.3) is 0 Å². The number of hydrogen-bond acceptors (Lipinski definition) is 2. The molecule has 0 aliphatic carbocycles. The van der Waals surface area contributed by atoms with E-state index in [0.29, 0.717) is 6.04 Å². The molecule has 1 N–H and O–H groups in total. The average molecular weight is 156 g/mol. The number of amides is 1. The Balaban J connectivity index is 2.46. The predicted octanol–water partition coefficient (Wildman–Crippen LogP) is 0.217. The number of likely N-dealkylation sites (N-methyl/N-ethyl adjacent to an activating group) is 1. The highest BCUT2D eigenvalue weighted by Crippen LogP contribution is 2.07. The molecule has 0 unspecified atom stereocenters. The maximum atomic E-state index is 11.1. The fourth-order valence-electron chi connectivity index (χ4n) is 1.64. The SMILES string of the molecule is CCN(C(C)=O)[C@@H]1CCNC1. The molecular weight excluding hydrogens is 140 g/mol. The summed E-state index contributed by atoms with van der Waals surface area (Å²) in [5.74, 6) is 0.196. The summed E-state index contributed by atoms with van der Waals surface area (Å²) in [6.45, 7) is 6.52. The number of hydrogen-bond donors (Lipinski definition) is 1. The van der Waals surface area contributed by atoms with Gasteiger partial charge in [0, 0.05) is 26.1 Å². The highest BCUT2D eigenvalue weighted by Gasteiger charge is 2.22. The molecule has 0 saturated carbocycles. The maximum Gasteiger partial charge on any atom is 0.219 e. The van der Waals surface area contributed by atoms with Crippen molar-refractivity contribution in [2.75, 3.05) is 19.6 Å². The van der Waals surface area contributed by atoms with Crippen LogP contribution in [0.15, 0.2) is 0 Å². The Morgan fingerprint density at radius 3 is 2.82 bits per heavy atom. The highest BCUT2D eigenvalue weighted by atomic mass is 16.2. The molecule has 1 rings (SSSR count). The number of carbonyl (C=O) groups is 1. The van der Waals surface area contributed by atoms with E-state index < -0.39 is 0 Å². The van der Waals surface area contributed by atoms with E-state index >= 15 is 0 Å². The van der Waals surface area contributed by atoms with E-state index in [9.17, 15) is 4.79 Å². The summed E-state index contributed by atoms with van der Waals surface area (Å²) in [5.41, 5.74) is 0. The van der Waals surface area contributed by atoms with Gasteiger partial charge in [-0.3, -0.25) is 4.79 Å². The third-order valence-electron chi connectivity index (χ3n) is 2.22. The Kier molecular flexibility index (Phi) is 2.88. The zero-order valence-corrected chi connectivity index (χ0v) is 7.26. The molecule has 3 heteroatoms. The van der Waals surface area contributed by atoms with Crippen molar-refractivity contribution in [3.05, 3.63) is 0 Å². The Morgan fingerprint density at radius 1 is 1.73 bits per heavy atom. The predicted molar refractivity (Wildman–Crippen MR) is 44.3 cm³/mol. The molecule has 64 valence electrons. The summed E-state index contributed by atoms with van der Waals surface area (Å²) in [6, 6.07) is 0.442. The van der Waals surface area contributed by atoms with E-state index in [2.05, 4.69) is 5.32 Å². The van der Waals surface area contributed by atoms with Crippen LogP contribution in [0, 0.1) is 0 Å². The summed E-state index contributed by atoms with van der Waals surface area (Å²) in [5, 5.41) is 3.25. The van der Waals surface area contributed by atoms with Crippen LogP contribution in [0.4, 0.5) is 0 Å². The Bertz CT molecular complexity index is 141. The van der Waals surface area contributed by atoms with Crippen LogP contribution < -0.4 is 5.32 Å². The van der Waals surface area contributed by atoms with Gasteiger partial charge < -0.3 is 10.2 Å². The van der Waals surface area contributed by atoms with Gasteiger partial charge in [0.1, 0.15) is 0 Å². The van der Waals surface area contributed by atoms with Crippen LogP contribution >= 0.6 is 0 Å². The molecule has 1 fully saturated rings. The van der Waals surface area contributed by atoms with E-state index in [0.717, 1.165) is 26.1 Å². The van der Waals surface area contributed by atoms with Crippen LogP contribution in [-0.2, 0) is 4.79 Å². The van der Waals surface area contributed by atoms with E-state index in [1.54, 1.807) is 6.92 Å². The molecule has 1 saturated heterocycles. The minimum absolute atomic E-state index is 0.196. The molecule has 0 aromatic carbocycles. The van der Waals surface area contributed by atoms with Crippen molar-refractivity contribution in [1.29, 1.82) is 0 Å². The van der Waals surface area contributed by atoms with Crippen molar-refractivity contribution in [3.8, 4) is 0 Å². The summed E-state index contributed by atoms with van der Waals surface area (Å²) >= 11 is 0. The zero-order valence-electron chi connectivity index (χ0n) is 7.26. The summed E-state index contributed by atoms with van der Waals surface area (Å²) < 4.78 is 0. The number of carbonyl (C=O) groups excluding carboxylic acids is 1. The lowest BCUT2D eigenvalue weighted by Gasteiger charge is -2.25. The number of rotatable bonds is 2. The van der Waals surface area contributed by atoms with Crippen molar-refractivity contribution in [3.63, 3.8) is 0 Å². The van der Waals surface area contributed by atoms with E-state index in [-0.39, 0.29) is 5.91 Å². The molecule has 1 heterocycles. The smallest absolute Gasteiger partial charge is 0.219 e. The molecule has 0 spiro atoms. The third-order valence-corrected chi connectivity index (χ3v) is 2.22. The lowest BCUT2D eigenvalue weighted by molar-refractivity contribution is -0.130. The third kappa shape index (κ3) is 1.93. The second-order valence-electron chi connectivity index (χ2n) is 2.95. The molecule has 1 atom stereocenters. The monoisotopic (exact) mass is 156 g/mol.